The first-order chi connectivity index (χ1) is 15.4. The number of nitrogens with one attached hydrogen (secondary N) is 2. The maximum atomic E-state index is 12.8. The highest BCUT2D eigenvalue weighted by molar-refractivity contribution is 7.91. The molecule has 3 heterocycles. The van der Waals surface area contributed by atoms with Crippen LogP contribution in [0.1, 0.15) is 10.4 Å². The molecule has 5 rings (SSSR count). The van der Waals surface area contributed by atoms with Gasteiger partial charge < -0.3 is 5.32 Å². The normalized spacial score (nSPS) is 15.2. The number of hydrogen-bond donors (Lipinski definition) is 2. The number of rotatable bonds is 4. The number of pyridine rings is 1. The molecule has 2 aromatic carbocycles. The summed E-state index contributed by atoms with van der Waals surface area (Å²) in [5, 5.41) is 6.51. The summed E-state index contributed by atoms with van der Waals surface area (Å²) in [5.41, 5.74) is 3.01. The van der Waals surface area contributed by atoms with Crippen LogP contribution in [0, 0.1) is 0 Å². The molecule has 1 saturated heterocycles. The third-order valence-corrected chi connectivity index (χ3v) is 7.96. The Kier molecular flexibility index (Phi) is 5.34. The SMILES string of the molecule is O=C(Nc1ccc(Cl)c(-c2nccc3ccsc23)c1)c1ccc(N2CCNS2(=O)=O)cc1. The van der Waals surface area contributed by atoms with Crippen LogP contribution >= 0.6 is 22.9 Å². The van der Waals surface area contributed by atoms with Crippen LogP contribution in [0.2, 0.25) is 5.02 Å². The van der Waals surface area contributed by atoms with Gasteiger partial charge >= 0.3 is 10.2 Å². The average molecular weight is 485 g/mol. The maximum Gasteiger partial charge on any atom is 0.301 e. The average Bonchev–Trinajstić information content (AvgIpc) is 3.41. The van der Waals surface area contributed by atoms with E-state index < -0.39 is 10.2 Å². The number of fused-ring (bicyclic) bond motifs is 1. The second-order valence-corrected chi connectivity index (χ2v) is 10.2. The summed E-state index contributed by atoms with van der Waals surface area (Å²) in [7, 11) is -3.50. The number of nitrogens with zero attached hydrogens (tertiary/aromatic N) is 2. The predicted molar refractivity (Wildman–Crippen MR) is 129 cm³/mol. The highest BCUT2D eigenvalue weighted by atomic mass is 35.5. The number of hydrogen-bond acceptors (Lipinski definition) is 5. The van der Waals surface area contributed by atoms with E-state index in [1.54, 1.807) is 60.0 Å². The molecule has 1 fully saturated rings. The van der Waals surface area contributed by atoms with Crippen LogP contribution in [-0.2, 0) is 10.2 Å². The van der Waals surface area contributed by atoms with Crippen LogP contribution in [0.3, 0.4) is 0 Å². The van der Waals surface area contributed by atoms with E-state index in [2.05, 4.69) is 15.0 Å². The molecule has 162 valence electrons. The van der Waals surface area contributed by atoms with E-state index in [9.17, 15) is 13.2 Å². The van der Waals surface area contributed by atoms with Gasteiger partial charge in [0.25, 0.3) is 5.91 Å². The fourth-order valence-corrected chi connectivity index (χ4v) is 5.93. The van der Waals surface area contributed by atoms with Crippen molar-refractivity contribution in [3.63, 3.8) is 0 Å². The van der Waals surface area contributed by atoms with E-state index in [1.807, 2.05) is 17.5 Å². The van der Waals surface area contributed by atoms with Crippen molar-refractivity contribution in [1.29, 1.82) is 0 Å². The van der Waals surface area contributed by atoms with Crippen LogP contribution in [0.5, 0.6) is 0 Å². The van der Waals surface area contributed by atoms with Crippen LogP contribution in [0.15, 0.2) is 66.2 Å². The Morgan fingerprint density at radius 1 is 1.12 bits per heavy atom. The Bertz CT molecular complexity index is 1440. The summed E-state index contributed by atoms with van der Waals surface area (Å²) in [6.07, 6.45) is 1.74. The van der Waals surface area contributed by atoms with E-state index in [1.165, 1.54) is 4.31 Å². The number of amides is 1. The number of carbonyl (C=O) groups excluding carboxylic acids is 1. The van der Waals surface area contributed by atoms with Gasteiger partial charge in [0.2, 0.25) is 0 Å². The molecular weight excluding hydrogens is 468 g/mol. The van der Waals surface area contributed by atoms with E-state index in [0.29, 0.717) is 35.1 Å². The van der Waals surface area contributed by atoms with Crippen molar-refractivity contribution in [3.05, 3.63) is 76.8 Å². The van der Waals surface area contributed by atoms with Gasteiger partial charge in [-0.15, -0.1) is 11.3 Å². The largest absolute Gasteiger partial charge is 0.322 e. The van der Waals surface area contributed by atoms with Gasteiger partial charge in [0.05, 0.1) is 21.1 Å². The topological polar surface area (TPSA) is 91.4 Å². The van der Waals surface area contributed by atoms with Gasteiger partial charge in [0, 0.05) is 36.1 Å². The second-order valence-electron chi connectivity index (χ2n) is 7.17. The highest BCUT2D eigenvalue weighted by Crippen LogP contribution is 2.36. The summed E-state index contributed by atoms with van der Waals surface area (Å²) >= 11 is 8.03. The van der Waals surface area contributed by atoms with Gasteiger partial charge in [-0.1, -0.05) is 11.6 Å². The molecule has 32 heavy (non-hydrogen) atoms. The van der Waals surface area contributed by atoms with Gasteiger partial charge in [-0.05, 0) is 65.4 Å². The molecule has 1 aliphatic heterocycles. The van der Waals surface area contributed by atoms with Crippen LogP contribution < -0.4 is 14.3 Å². The molecule has 0 radical (unpaired) electrons. The van der Waals surface area contributed by atoms with Crippen molar-refractivity contribution in [1.82, 2.24) is 9.71 Å². The monoisotopic (exact) mass is 484 g/mol. The van der Waals surface area contributed by atoms with E-state index >= 15 is 0 Å². The van der Waals surface area contributed by atoms with Gasteiger partial charge in [0.15, 0.2) is 0 Å². The van der Waals surface area contributed by atoms with Crippen molar-refractivity contribution >= 4 is 60.5 Å². The van der Waals surface area contributed by atoms with E-state index in [4.69, 9.17) is 11.6 Å². The molecule has 0 spiro atoms. The lowest BCUT2D eigenvalue weighted by atomic mass is 10.1. The Morgan fingerprint density at radius 3 is 2.69 bits per heavy atom. The first-order valence-electron chi connectivity index (χ1n) is 9.73. The van der Waals surface area contributed by atoms with Crippen molar-refractivity contribution in [2.75, 3.05) is 22.7 Å². The summed E-state index contributed by atoms with van der Waals surface area (Å²) in [6.45, 7) is 0.712. The molecule has 2 aromatic heterocycles. The molecule has 1 aliphatic rings. The molecule has 0 saturated carbocycles. The number of benzene rings is 2. The van der Waals surface area contributed by atoms with Gasteiger partial charge in [-0.2, -0.15) is 13.1 Å². The van der Waals surface area contributed by atoms with Crippen LogP contribution in [0.25, 0.3) is 21.3 Å². The van der Waals surface area contributed by atoms with Gasteiger partial charge in [0.1, 0.15) is 0 Å². The molecule has 0 unspecified atom stereocenters. The lowest BCUT2D eigenvalue weighted by molar-refractivity contribution is 0.102. The van der Waals surface area contributed by atoms with E-state index in [0.717, 1.165) is 21.3 Å². The minimum Gasteiger partial charge on any atom is -0.322 e. The molecule has 4 aromatic rings. The molecule has 2 N–H and O–H groups in total. The lowest BCUT2D eigenvalue weighted by Crippen LogP contribution is -2.29. The molecular formula is C22H17ClN4O3S2. The summed E-state index contributed by atoms with van der Waals surface area (Å²) in [4.78, 5) is 17.3. The predicted octanol–water partition coefficient (Wildman–Crippen LogP) is 4.52. The van der Waals surface area contributed by atoms with Crippen molar-refractivity contribution in [2.45, 2.75) is 0 Å². The first kappa shape index (κ1) is 20.9. The second kappa shape index (κ2) is 8.18. The van der Waals surface area contributed by atoms with Crippen molar-refractivity contribution in [3.8, 4) is 11.3 Å². The molecule has 0 atom stereocenters. The third kappa shape index (κ3) is 3.84. The zero-order chi connectivity index (χ0) is 22.3. The molecule has 0 aliphatic carbocycles. The van der Waals surface area contributed by atoms with Gasteiger partial charge in [-0.25, -0.2) is 0 Å². The minimum absolute atomic E-state index is 0.311. The standard InChI is InChI=1S/C22H17ClN4O3S2/c23-19-6-3-16(13-18(19)20-21-14(7-9-24-20)8-12-31-21)26-22(28)15-1-4-17(5-2-15)27-11-10-25-32(27,29)30/h1-9,12-13,25H,10-11H2,(H,26,28). The third-order valence-electron chi connectivity index (χ3n) is 5.15. The molecule has 7 nitrogen and oxygen atoms in total. The zero-order valence-electron chi connectivity index (χ0n) is 16.6. The fraction of sp³-hybridized carbons (Fsp3) is 0.0909. The summed E-state index contributed by atoms with van der Waals surface area (Å²) in [6, 6.07) is 15.7. The van der Waals surface area contributed by atoms with Crippen molar-refractivity contribution < 1.29 is 13.2 Å². The van der Waals surface area contributed by atoms with Gasteiger partial charge in [-0.3, -0.25) is 14.1 Å². The maximum absolute atomic E-state index is 12.8. The fourth-order valence-electron chi connectivity index (χ4n) is 3.59. The van der Waals surface area contributed by atoms with Crippen LogP contribution in [-0.4, -0.2) is 32.4 Å². The highest BCUT2D eigenvalue weighted by Gasteiger charge is 2.27. The first-order valence-corrected chi connectivity index (χ1v) is 12.4. The zero-order valence-corrected chi connectivity index (χ0v) is 19.0. The Balaban J connectivity index is 1.39. The van der Waals surface area contributed by atoms with E-state index in [-0.39, 0.29) is 5.91 Å². The quantitative estimate of drug-likeness (QED) is 0.445. The van der Waals surface area contributed by atoms with Crippen molar-refractivity contribution in [2.24, 2.45) is 0 Å². The Labute approximate surface area is 193 Å². The molecule has 0 bridgehead atoms. The number of halogens is 1. The number of anilines is 2. The summed E-state index contributed by atoms with van der Waals surface area (Å²) < 4.78 is 28.7. The molecule has 10 heteroatoms. The number of carbonyl (C=O) groups is 1. The lowest BCUT2D eigenvalue weighted by Gasteiger charge is -2.16. The Hall–Kier alpha value is -2.98. The Morgan fingerprint density at radius 2 is 1.94 bits per heavy atom. The summed E-state index contributed by atoms with van der Waals surface area (Å²) in [5.74, 6) is -0.311. The number of aromatic nitrogens is 1. The molecule has 1 amide bonds. The van der Waals surface area contributed by atoms with Crippen LogP contribution in [0.4, 0.5) is 11.4 Å². The number of thiophene rings is 1. The minimum atomic E-state index is -3.50. The smallest absolute Gasteiger partial charge is 0.301 e.